The molecule has 6 heteroatoms. The zero-order chi connectivity index (χ0) is 29.6. The number of ether oxygens (including phenoxy) is 2. The van der Waals surface area contributed by atoms with E-state index in [4.69, 9.17) is 9.47 Å². The highest BCUT2D eigenvalue weighted by Gasteiger charge is 2.49. The summed E-state index contributed by atoms with van der Waals surface area (Å²) in [6, 6.07) is 6.77. The number of carbonyl (C=O) groups is 2. The Labute approximate surface area is 246 Å². The summed E-state index contributed by atoms with van der Waals surface area (Å²) in [5.41, 5.74) is 5.95. The standard InChI is InChI=1S/C35H50N2O4/c1-8-40-32(39)34(6,7)22-36-31(38)26-20-29(37(23(26)2)21-24-12-10-9-11-13-24)25-18-27(33(3,4)5)30-28(19-25)35(14-15-35)16-17-41-30/h18-20,24H,8-17,21-22H2,1-7H3,(H,36,38). The highest BCUT2D eigenvalue weighted by atomic mass is 16.5. The smallest absolute Gasteiger partial charge is 0.313 e. The average molecular weight is 563 g/mol. The van der Waals surface area contributed by atoms with Crippen LogP contribution in [0.3, 0.4) is 0 Å². The zero-order valence-corrected chi connectivity index (χ0v) is 26.4. The maximum Gasteiger partial charge on any atom is 0.313 e. The third-order valence-corrected chi connectivity index (χ3v) is 9.74. The first-order valence-corrected chi connectivity index (χ1v) is 15.8. The maximum atomic E-state index is 13.7. The lowest BCUT2D eigenvalue weighted by Crippen LogP contribution is -2.40. The molecule has 1 aromatic carbocycles. The second kappa shape index (κ2) is 11.1. The molecule has 0 bridgehead atoms. The van der Waals surface area contributed by atoms with E-state index in [9.17, 15) is 9.59 Å². The molecule has 0 radical (unpaired) electrons. The maximum absolute atomic E-state index is 13.7. The Morgan fingerprint density at radius 1 is 1.05 bits per heavy atom. The highest BCUT2D eigenvalue weighted by molar-refractivity contribution is 5.97. The number of aromatic nitrogens is 1. The number of rotatable bonds is 8. The van der Waals surface area contributed by atoms with Crippen LogP contribution in [0.25, 0.3) is 11.3 Å². The van der Waals surface area contributed by atoms with E-state index in [1.165, 1.54) is 61.6 Å². The van der Waals surface area contributed by atoms with Crippen molar-refractivity contribution in [2.45, 2.75) is 117 Å². The quantitative estimate of drug-likeness (QED) is 0.339. The minimum Gasteiger partial charge on any atom is -0.493 e. The van der Waals surface area contributed by atoms with Crippen LogP contribution in [0.1, 0.15) is 120 Å². The van der Waals surface area contributed by atoms with E-state index in [0.717, 1.165) is 36.7 Å². The predicted octanol–water partition coefficient (Wildman–Crippen LogP) is 7.47. The van der Waals surface area contributed by atoms with Crippen molar-refractivity contribution >= 4 is 11.9 Å². The minimum atomic E-state index is -0.800. The van der Waals surface area contributed by atoms with E-state index in [1.54, 1.807) is 6.92 Å². The molecule has 1 aromatic heterocycles. The minimum absolute atomic E-state index is 0.0672. The normalized spacial score (nSPS) is 18.5. The van der Waals surface area contributed by atoms with Gasteiger partial charge < -0.3 is 19.4 Å². The van der Waals surface area contributed by atoms with Crippen molar-refractivity contribution in [1.29, 1.82) is 0 Å². The van der Waals surface area contributed by atoms with Crippen LogP contribution in [-0.4, -0.2) is 36.2 Å². The Bertz CT molecular complexity index is 1290. The summed E-state index contributed by atoms with van der Waals surface area (Å²) >= 11 is 0. The van der Waals surface area contributed by atoms with E-state index in [0.29, 0.717) is 18.1 Å². The van der Waals surface area contributed by atoms with Crippen LogP contribution in [0.4, 0.5) is 0 Å². The number of nitrogens with one attached hydrogen (secondary N) is 1. The number of carbonyl (C=O) groups excluding carboxylic acids is 2. The van der Waals surface area contributed by atoms with E-state index in [2.05, 4.69) is 55.8 Å². The van der Waals surface area contributed by atoms with Gasteiger partial charge in [0, 0.05) is 41.0 Å². The van der Waals surface area contributed by atoms with E-state index in [1.807, 2.05) is 13.8 Å². The van der Waals surface area contributed by atoms with Gasteiger partial charge in [-0.3, -0.25) is 9.59 Å². The van der Waals surface area contributed by atoms with Crippen LogP contribution in [0.5, 0.6) is 5.75 Å². The Hall–Kier alpha value is -2.76. The lowest BCUT2D eigenvalue weighted by atomic mass is 9.79. The number of nitrogens with zero attached hydrogens (tertiary/aromatic N) is 1. The molecule has 3 aliphatic rings. The number of amides is 1. The topological polar surface area (TPSA) is 69.6 Å². The van der Waals surface area contributed by atoms with E-state index in [-0.39, 0.29) is 29.3 Å². The van der Waals surface area contributed by atoms with E-state index >= 15 is 0 Å². The highest BCUT2D eigenvalue weighted by Crippen LogP contribution is 2.58. The first-order valence-electron chi connectivity index (χ1n) is 15.8. The average Bonchev–Trinajstić information content (AvgIpc) is 3.63. The van der Waals surface area contributed by atoms with Crippen molar-refractivity contribution in [1.82, 2.24) is 9.88 Å². The first-order chi connectivity index (χ1) is 19.4. The predicted molar refractivity (Wildman–Crippen MR) is 164 cm³/mol. The largest absolute Gasteiger partial charge is 0.493 e. The second-order valence-electron chi connectivity index (χ2n) is 14.5. The fraction of sp³-hybridized carbons (Fsp3) is 0.657. The van der Waals surface area contributed by atoms with Gasteiger partial charge in [0.2, 0.25) is 0 Å². The van der Waals surface area contributed by atoms with Gasteiger partial charge in [-0.15, -0.1) is 0 Å². The molecule has 5 rings (SSSR count). The molecular formula is C35H50N2O4. The molecule has 1 spiro atoms. The molecular weight excluding hydrogens is 512 g/mol. The van der Waals surface area contributed by atoms with Gasteiger partial charge in [-0.05, 0) is 94.9 Å². The summed E-state index contributed by atoms with van der Waals surface area (Å²) in [6.45, 7) is 16.6. The van der Waals surface area contributed by atoms with Crippen molar-refractivity contribution in [3.63, 3.8) is 0 Å². The van der Waals surface area contributed by atoms with Crippen LogP contribution in [0.2, 0.25) is 0 Å². The summed E-state index contributed by atoms with van der Waals surface area (Å²) in [4.78, 5) is 26.1. The van der Waals surface area contributed by atoms with Gasteiger partial charge in [0.1, 0.15) is 5.75 Å². The Kier molecular flexibility index (Phi) is 8.08. The molecule has 1 aliphatic heterocycles. The SMILES string of the molecule is CCOC(=O)C(C)(C)CNC(=O)c1cc(-c2cc(C(C)(C)C)c3c(c2)C2(CCO3)CC2)n(CC2CCCCC2)c1C. The Morgan fingerprint density at radius 2 is 1.76 bits per heavy atom. The Balaban J connectivity index is 1.56. The van der Waals surface area contributed by atoms with Crippen molar-refractivity contribution in [2.24, 2.45) is 11.3 Å². The number of hydrogen-bond acceptors (Lipinski definition) is 4. The van der Waals surface area contributed by atoms with Gasteiger partial charge in [-0.25, -0.2) is 0 Å². The fourth-order valence-corrected chi connectivity index (χ4v) is 6.81. The summed E-state index contributed by atoms with van der Waals surface area (Å²) in [5, 5.41) is 3.05. The lowest BCUT2D eigenvalue weighted by Gasteiger charge is -2.33. The van der Waals surface area contributed by atoms with Gasteiger partial charge in [-0.1, -0.05) is 40.0 Å². The van der Waals surface area contributed by atoms with Crippen LogP contribution < -0.4 is 10.1 Å². The molecule has 6 nitrogen and oxygen atoms in total. The van der Waals surface area contributed by atoms with Crippen LogP contribution in [0.15, 0.2) is 18.2 Å². The van der Waals surface area contributed by atoms with Crippen LogP contribution in [0, 0.1) is 18.3 Å². The Morgan fingerprint density at radius 3 is 2.39 bits per heavy atom. The number of hydrogen-bond donors (Lipinski definition) is 1. The third-order valence-electron chi connectivity index (χ3n) is 9.74. The molecule has 1 N–H and O–H groups in total. The van der Waals surface area contributed by atoms with Crippen molar-refractivity contribution < 1.29 is 19.1 Å². The number of esters is 1. The van der Waals surface area contributed by atoms with Gasteiger partial charge in [0.05, 0.1) is 24.2 Å². The summed E-state index contributed by atoms with van der Waals surface area (Å²) in [7, 11) is 0. The second-order valence-corrected chi connectivity index (χ2v) is 14.5. The van der Waals surface area contributed by atoms with Gasteiger partial charge in [0.15, 0.2) is 0 Å². The molecule has 41 heavy (non-hydrogen) atoms. The molecule has 224 valence electrons. The molecule has 2 fully saturated rings. The number of benzene rings is 1. The van der Waals surface area contributed by atoms with Crippen molar-refractivity contribution in [3.8, 4) is 17.0 Å². The molecule has 2 aliphatic carbocycles. The molecule has 0 saturated heterocycles. The van der Waals surface area contributed by atoms with Gasteiger partial charge in [-0.2, -0.15) is 0 Å². The van der Waals surface area contributed by atoms with Crippen LogP contribution >= 0.6 is 0 Å². The van der Waals surface area contributed by atoms with Gasteiger partial charge in [0.25, 0.3) is 5.91 Å². The lowest BCUT2D eigenvalue weighted by molar-refractivity contribution is -0.153. The molecule has 1 amide bonds. The van der Waals surface area contributed by atoms with E-state index < -0.39 is 5.41 Å². The first kappa shape index (κ1) is 29.7. The summed E-state index contributed by atoms with van der Waals surface area (Å²) in [5.74, 6) is 1.27. The monoisotopic (exact) mass is 562 g/mol. The molecule has 2 heterocycles. The zero-order valence-electron chi connectivity index (χ0n) is 26.4. The summed E-state index contributed by atoms with van der Waals surface area (Å²) in [6.07, 6.45) is 9.89. The third kappa shape index (κ3) is 5.94. The van der Waals surface area contributed by atoms with Crippen LogP contribution in [-0.2, 0) is 26.9 Å². The van der Waals surface area contributed by atoms with Gasteiger partial charge >= 0.3 is 5.97 Å². The molecule has 2 aromatic rings. The molecule has 0 unspecified atom stereocenters. The number of fused-ring (bicyclic) bond motifs is 2. The molecule has 2 saturated carbocycles. The van der Waals surface area contributed by atoms with Crippen molar-refractivity contribution in [2.75, 3.05) is 19.8 Å². The molecule has 0 atom stereocenters. The fourth-order valence-electron chi connectivity index (χ4n) is 6.81. The van der Waals surface area contributed by atoms with Crippen molar-refractivity contribution in [3.05, 3.63) is 40.6 Å². The summed E-state index contributed by atoms with van der Waals surface area (Å²) < 4.78 is 14.0.